The molecule has 252 valence electrons. The maximum absolute atomic E-state index is 12.7. The number of benzene rings is 2. The standard InChI is InChI=1S/C29H38N3O13P/c33-14-13-30(17-26(34)35)11-12-31(18-27(36)37)16-25(32(19-28(38)39)20-29(40)41)21-45-46(42,43)44-15-10-22-6-8-24(9-7-22)23-4-2-1-3-5-23/h1-9,14,25H,10-13,15-21H2,(H,34,35)(H,36,37)(H,38,39)(H,40,41)(H,42,43). The van der Waals surface area contributed by atoms with Crippen LogP contribution in [-0.4, -0.2) is 142 Å². The molecule has 16 nitrogen and oxygen atoms in total. The molecule has 17 heteroatoms. The van der Waals surface area contributed by atoms with Gasteiger partial charge in [0.15, 0.2) is 0 Å². The van der Waals surface area contributed by atoms with E-state index in [9.17, 15) is 48.8 Å². The summed E-state index contributed by atoms with van der Waals surface area (Å²) in [7, 11) is -4.74. The fraction of sp³-hybridized carbons (Fsp3) is 0.414. The number of aldehydes is 1. The molecule has 0 fully saturated rings. The Morgan fingerprint density at radius 3 is 1.80 bits per heavy atom. The first-order chi connectivity index (χ1) is 21.8. The van der Waals surface area contributed by atoms with Gasteiger partial charge in [-0.1, -0.05) is 54.6 Å². The highest BCUT2D eigenvalue weighted by Crippen LogP contribution is 2.43. The van der Waals surface area contributed by atoms with Crippen molar-refractivity contribution in [3.63, 3.8) is 0 Å². The van der Waals surface area contributed by atoms with E-state index in [1.807, 2.05) is 54.6 Å². The molecule has 2 atom stereocenters. The van der Waals surface area contributed by atoms with Gasteiger partial charge in [0.25, 0.3) is 0 Å². The lowest BCUT2D eigenvalue weighted by Crippen LogP contribution is -2.52. The molecule has 0 radical (unpaired) electrons. The smallest absolute Gasteiger partial charge is 0.472 e. The first kappa shape index (κ1) is 38.2. The number of phosphoric acid groups is 1. The van der Waals surface area contributed by atoms with Crippen LogP contribution in [0, 0.1) is 0 Å². The van der Waals surface area contributed by atoms with Crippen LogP contribution in [0.3, 0.4) is 0 Å². The molecule has 0 spiro atoms. The number of phosphoric ester groups is 1. The fourth-order valence-electron chi connectivity index (χ4n) is 4.46. The van der Waals surface area contributed by atoms with Crippen LogP contribution in [-0.2, 0) is 44.0 Å². The van der Waals surface area contributed by atoms with Gasteiger partial charge in [0, 0.05) is 25.7 Å². The topological polar surface area (TPSA) is 232 Å². The van der Waals surface area contributed by atoms with Gasteiger partial charge in [-0.25, -0.2) is 4.57 Å². The lowest BCUT2D eigenvalue weighted by Gasteiger charge is -2.34. The largest absolute Gasteiger partial charge is 0.480 e. The van der Waals surface area contributed by atoms with E-state index in [0.29, 0.717) is 6.29 Å². The van der Waals surface area contributed by atoms with Crippen molar-refractivity contribution >= 4 is 38.0 Å². The number of rotatable bonds is 24. The lowest BCUT2D eigenvalue weighted by molar-refractivity contribution is -0.144. The van der Waals surface area contributed by atoms with Crippen molar-refractivity contribution in [3.05, 3.63) is 60.2 Å². The molecular weight excluding hydrogens is 629 g/mol. The van der Waals surface area contributed by atoms with Crippen LogP contribution in [0.1, 0.15) is 5.56 Å². The van der Waals surface area contributed by atoms with Crippen molar-refractivity contribution < 1.29 is 62.9 Å². The number of hydrogen-bond donors (Lipinski definition) is 5. The van der Waals surface area contributed by atoms with Gasteiger partial charge in [-0.05, 0) is 23.1 Å². The third-order valence-corrected chi connectivity index (χ3v) is 7.57. The van der Waals surface area contributed by atoms with Gasteiger partial charge in [-0.2, -0.15) is 0 Å². The predicted octanol–water partition coefficient (Wildman–Crippen LogP) is 0.842. The van der Waals surface area contributed by atoms with Crippen LogP contribution in [0.15, 0.2) is 54.6 Å². The molecule has 0 aliphatic carbocycles. The van der Waals surface area contributed by atoms with Crippen LogP contribution < -0.4 is 0 Å². The predicted molar refractivity (Wildman–Crippen MR) is 162 cm³/mol. The first-order valence-corrected chi connectivity index (χ1v) is 15.5. The summed E-state index contributed by atoms with van der Waals surface area (Å²) in [5, 5.41) is 37.2. The van der Waals surface area contributed by atoms with Gasteiger partial charge in [-0.15, -0.1) is 0 Å². The molecule has 2 aromatic rings. The van der Waals surface area contributed by atoms with E-state index in [-0.39, 0.29) is 39.2 Å². The summed E-state index contributed by atoms with van der Waals surface area (Å²) in [6.45, 7) is -4.58. The number of aliphatic carboxylic acids is 4. The minimum atomic E-state index is -4.74. The van der Waals surface area contributed by atoms with E-state index < -0.39 is 70.5 Å². The molecular formula is C29H38N3O13P. The summed E-state index contributed by atoms with van der Waals surface area (Å²) in [5.41, 5.74) is 2.81. The Hall–Kier alpha value is -4.02. The summed E-state index contributed by atoms with van der Waals surface area (Å²) in [6, 6.07) is 15.9. The van der Waals surface area contributed by atoms with Crippen molar-refractivity contribution in [1.82, 2.24) is 14.7 Å². The van der Waals surface area contributed by atoms with Gasteiger partial charge in [-0.3, -0.25) is 42.9 Å². The summed E-state index contributed by atoms with van der Waals surface area (Å²) < 4.78 is 22.9. The molecule has 0 heterocycles. The molecule has 0 saturated heterocycles. The van der Waals surface area contributed by atoms with Crippen molar-refractivity contribution in [2.45, 2.75) is 12.5 Å². The summed E-state index contributed by atoms with van der Waals surface area (Å²) >= 11 is 0. The highest BCUT2D eigenvalue weighted by Gasteiger charge is 2.30. The number of nitrogens with zero attached hydrogens (tertiary/aromatic N) is 3. The third-order valence-electron chi connectivity index (χ3n) is 6.58. The monoisotopic (exact) mass is 667 g/mol. The molecule has 0 aromatic heterocycles. The Kier molecular flexibility index (Phi) is 16.2. The van der Waals surface area contributed by atoms with E-state index in [2.05, 4.69) is 0 Å². The third kappa shape index (κ3) is 15.3. The Morgan fingerprint density at radius 2 is 1.26 bits per heavy atom. The van der Waals surface area contributed by atoms with Crippen molar-refractivity contribution in [3.8, 4) is 11.1 Å². The molecule has 5 N–H and O–H groups in total. The van der Waals surface area contributed by atoms with E-state index >= 15 is 0 Å². The minimum Gasteiger partial charge on any atom is -0.480 e. The zero-order valence-electron chi connectivity index (χ0n) is 24.9. The molecule has 0 saturated carbocycles. The number of carbonyl (C=O) groups excluding carboxylic acids is 1. The SMILES string of the molecule is O=CCN(CCN(CC(=O)O)CC(COP(=O)(O)OCCc1ccc(-c2ccccc2)cc1)N(CC(=O)O)CC(=O)O)CC(=O)O. The van der Waals surface area contributed by atoms with Gasteiger partial charge < -0.3 is 30.1 Å². The Morgan fingerprint density at radius 1 is 0.739 bits per heavy atom. The average Bonchev–Trinajstić information content (AvgIpc) is 2.97. The minimum absolute atomic E-state index is 0.0856. The van der Waals surface area contributed by atoms with E-state index in [0.717, 1.165) is 21.6 Å². The van der Waals surface area contributed by atoms with Crippen LogP contribution in [0.25, 0.3) is 11.1 Å². The summed E-state index contributed by atoms with van der Waals surface area (Å²) in [5.74, 6) is -5.38. The van der Waals surface area contributed by atoms with Crippen molar-refractivity contribution in [1.29, 1.82) is 0 Å². The molecule has 2 aromatic carbocycles. The van der Waals surface area contributed by atoms with E-state index in [1.54, 1.807) is 0 Å². The number of carbonyl (C=O) groups is 5. The molecule has 0 amide bonds. The fourth-order valence-corrected chi connectivity index (χ4v) is 5.22. The van der Waals surface area contributed by atoms with Gasteiger partial charge in [0.2, 0.25) is 0 Å². The highest BCUT2D eigenvalue weighted by atomic mass is 31.2. The van der Waals surface area contributed by atoms with Crippen LogP contribution in [0.2, 0.25) is 0 Å². The summed E-state index contributed by atoms with van der Waals surface area (Å²) in [4.78, 5) is 70.4. The zero-order valence-corrected chi connectivity index (χ0v) is 25.8. The lowest BCUT2D eigenvalue weighted by atomic mass is 10.0. The number of carboxylic acids is 4. The molecule has 46 heavy (non-hydrogen) atoms. The number of carboxylic acid groups (broad SMARTS) is 4. The van der Waals surface area contributed by atoms with Crippen LogP contribution in [0.4, 0.5) is 0 Å². The van der Waals surface area contributed by atoms with Crippen LogP contribution in [0.5, 0.6) is 0 Å². The van der Waals surface area contributed by atoms with Crippen molar-refractivity contribution in [2.24, 2.45) is 0 Å². The second-order valence-corrected chi connectivity index (χ2v) is 11.6. The maximum Gasteiger partial charge on any atom is 0.472 e. The van der Waals surface area contributed by atoms with Gasteiger partial charge in [0.1, 0.15) is 6.29 Å². The molecule has 2 rings (SSSR count). The second kappa shape index (κ2) is 19.5. The Bertz CT molecular complexity index is 1330. The van der Waals surface area contributed by atoms with E-state index in [1.165, 1.54) is 9.80 Å². The number of hydrogen-bond acceptors (Lipinski definition) is 11. The van der Waals surface area contributed by atoms with Gasteiger partial charge in [0.05, 0.1) is 45.9 Å². The quantitative estimate of drug-likeness (QED) is 0.0771. The highest BCUT2D eigenvalue weighted by molar-refractivity contribution is 7.47. The zero-order chi connectivity index (χ0) is 34.1. The van der Waals surface area contributed by atoms with Crippen LogP contribution >= 0.6 is 7.82 Å². The Labute approximate surface area is 265 Å². The average molecular weight is 668 g/mol. The summed E-state index contributed by atoms with van der Waals surface area (Å²) in [6.07, 6.45) is 0.720. The van der Waals surface area contributed by atoms with E-state index in [4.69, 9.17) is 14.2 Å². The molecule has 0 bridgehead atoms. The second-order valence-electron chi connectivity index (χ2n) is 10.2. The van der Waals surface area contributed by atoms with Crippen molar-refractivity contribution in [2.75, 3.05) is 65.6 Å². The maximum atomic E-state index is 12.7. The van der Waals surface area contributed by atoms with Gasteiger partial charge >= 0.3 is 31.7 Å². The normalized spacial score (nSPS) is 13.4. The first-order valence-electron chi connectivity index (χ1n) is 14.0. The Balaban J connectivity index is 2.12. The molecule has 0 aliphatic rings. The molecule has 0 aliphatic heterocycles. The molecule has 2 unspecified atom stereocenters.